The van der Waals surface area contributed by atoms with Crippen LogP contribution in [0.4, 0.5) is 13.2 Å². The first-order chi connectivity index (χ1) is 20.1. The summed E-state index contributed by atoms with van der Waals surface area (Å²) in [6.07, 6.45) is -4.36. The lowest BCUT2D eigenvalue weighted by Crippen LogP contribution is -2.18. The van der Waals surface area contributed by atoms with E-state index in [1.807, 2.05) is 18.2 Å². The van der Waals surface area contributed by atoms with Crippen molar-refractivity contribution in [1.82, 2.24) is 14.8 Å². The van der Waals surface area contributed by atoms with E-state index in [2.05, 4.69) is 10.1 Å². The topological polar surface area (TPSA) is 110 Å². The molecule has 0 amide bonds. The van der Waals surface area contributed by atoms with E-state index in [0.29, 0.717) is 44.3 Å². The predicted octanol–water partition coefficient (Wildman–Crippen LogP) is 7.55. The average Bonchev–Trinajstić information content (AvgIpc) is 3.45. The summed E-state index contributed by atoms with van der Waals surface area (Å²) in [5, 5.41) is 22.1. The number of pyridine rings is 1. The van der Waals surface area contributed by atoms with Crippen LogP contribution in [-0.2, 0) is 12.8 Å². The summed E-state index contributed by atoms with van der Waals surface area (Å²) in [5.41, 5.74) is -0.472. The van der Waals surface area contributed by atoms with Crippen molar-refractivity contribution in [2.75, 3.05) is 0 Å². The molecule has 0 fully saturated rings. The van der Waals surface area contributed by atoms with E-state index in [1.165, 1.54) is 12.1 Å². The quantitative estimate of drug-likeness (QED) is 0.199. The molecule has 0 unspecified atom stereocenters. The first-order valence-corrected chi connectivity index (χ1v) is 12.6. The monoisotopic (exact) mass is 590 g/mol. The molecule has 3 aromatic carbocycles. The third-order valence-electron chi connectivity index (χ3n) is 5.97. The van der Waals surface area contributed by atoms with E-state index in [1.54, 1.807) is 60.7 Å². The van der Waals surface area contributed by atoms with Crippen LogP contribution in [0, 0.1) is 11.3 Å². The van der Waals surface area contributed by atoms with Gasteiger partial charge >= 0.3 is 12.1 Å². The normalized spacial score (nSPS) is 11.1. The van der Waals surface area contributed by atoms with Gasteiger partial charge in [-0.15, -0.1) is 0 Å². The maximum Gasteiger partial charge on any atom is 0.434 e. The lowest BCUT2D eigenvalue weighted by atomic mass is 10.1. The Bertz CT molecular complexity index is 1800. The Morgan fingerprint density at radius 1 is 1.00 bits per heavy atom. The Morgan fingerprint density at radius 2 is 1.69 bits per heavy atom. The second-order valence-electron chi connectivity index (χ2n) is 8.81. The number of ether oxygens (including phenoxy) is 2. The van der Waals surface area contributed by atoms with Gasteiger partial charge in [0.05, 0.1) is 23.5 Å². The lowest BCUT2D eigenvalue weighted by molar-refractivity contribution is -0.143. The van der Waals surface area contributed by atoms with E-state index in [0.717, 1.165) is 5.56 Å². The molecule has 0 spiro atoms. The van der Waals surface area contributed by atoms with Crippen molar-refractivity contribution in [3.63, 3.8) is 0 Å². The van der Waals surface area contributed by atoms with Gasteiger partial charge in [0, 0.05) is 10.6 Å². The average molecular weight is 591 g/mol. The van der Waals surface area contributed by atoms with Crippen LogP contribution >= 0.6 is 11.6 Å². The first-order valence-electron chi connectivity index (χ1n) is 12.2. The van der Waals surface area contributed by atoms with E-state index >= 15 is 0 Å². The zero-order valence-electron chi connectivity index (χ0n) is 21.3. The Kier molecular flexibility index (Phi) is 7.82. The second-order valence-corrected chi connectivity index (χ2v) is 9.25. The summed E-state index contributed by atoms with van der Waals surface area (Å²) >= 11 is 6.22. The van der Waals surface area contributed by atoms with Gasteiger partial charge in [0.1, 0.15) is 29.4 Å². The number of aromatic carboxylic acids is 1. The van der Waals surface area contributed by atoms with Gasteiger partial charge in [0.2, 0.25) is 0 Å². The highest BCUT2D eigenvalue weighted by Crippen LogP contribution is 2.36. The van der Waals surface area contributed by atoms with Crippen molar-refractivity contribution in [3.05, 3.63) is 119 Å². The van der Waals surface area contributed by atoms with Crippen LogP contribution in [-0.4, -0.2) is 25.8 Å². The third-order valence-corrected chi connectivity index (χ3v) is 6.21. The minimum absolute atomic E-state index is 0.144. The maximum absolute atomic E-state index is 13.7. The number of carbonyl (C=O) groups is 1. The summed E-state index contributed by atoms with van der Waals surface area (Å²) in [5.74, 6) is -0.473. The van der Waals surface area contributed by atoms with Gasteiger partial charge in [-0.3, -0.25) is 0 Å². The molecule has 0 saturated carbocycles. The fourth-order valence-electron chi connectivity index (χ4n) is 4.02. The minimum atomic E-state index is -4.99. The zero-order valence-corrected chi connectivity index (χ0v) is 22.1. The molecule has 5 aromatic rings. The van der Waals surface area contributed by atoms with Gasteiger partial charge in [-0.1, -0.05) is 29.8 Å². The number of alkyl halides is 3. The van der Waals surface area contributed by atoms with Crippen LogP contribution in [0.1, 0.15) is 27.2 Å². The van der Waals surface area contributed by atoms with E-state index in [4.69, 9.17) is 26.3 Å². The molecule has 42 heavy (non-hydrogen) atoms. The van der Waals surface area contributed by atoms with Gasteiger partial charge in [0.25, 0.3) is 0 Å². The molecule has 0 aliphatic carbocycles. The van der Waals surface area contributed by atoms with E-state index in [9.17, 15) is 23.1 Å². The van der Waals surface area contributed by atoms with Gasteiger partial charge in [-0.05, 0) is 72.3 Å². The van der Waals surface area contributed by atoms with Crippen molar-refractivity contribution in [1.29, 1.82) is 5.26 Å². The number of halogens is 4. The number of nitriles is 1. The van der Waals surface area contributed by atoms with Crippen LogP contribution in [0.3, 0.4) is 0 Å². The maximum atomic E-state index is 13.7. The minimum Gasteiger partial charge on any atom is -0.488 e. The fraction of sp³-hybridized carbons (Fsp3) is 0.0667. The molecule has 0 saturated heterocycles. The van der Waals surface area contributed by atoms with Crippen molar-refractivity contribution < 1.29 is 32.5 Å². The predicted molar refractivity (Wildman–Crippen MR) is 146 cm³/mol. The Labute approximate surface area is 241 Å². The van der Waals surface area contributed by atoms with E-state index < -0.39 is 23.4 Å². The summed E-state index contributed by atoms with van der Waals surface area (Å²) in [6.45, 7) is 0.144. The van der Waals surface area contributed by atoms with Crippen molar-refractivity contribution in [2.45, 2.75) is 12.8 Å². The lowest BCUT2D eigenvalue weighted by Gasteiger charge is -2.14. The highest BCUT2D eigenvalue weighted by molar-refractivity contribution is 6.31. The standard InChI is InChI=1S/C30H18ClF3N4O4/c31-20-8-13-26(41-17-19-6-11-22(12-7-19)42-21-9-4-18(15-35)5-10-21)23(14-20)25-2-1-3-27(37-25)38-28(30(32,33)34)24(16-36-38)29(39)40/h1-14,16H,17H2,(H,39,40). The molecular formula is C30H18ClF3N4O4. The fourth-order valence-corrected chi connectivity index (χ4v) is 4.19. The smallest absolute Gasteiger partial charge is 0.434 e. The zero-order chi connectivity index (χ0) is 29.9. The second kappa shape index (κ2) is 11.6. The van der Waals surface area contributed by atoms with Crippen LogP contribution in [0.15, 0.2) is 91.1 Å². The van der Waals surface area contributed by atoms with Crippen LogP contribution in [0.2, 0.25) is 5.02 Å². The molecule has 2 aromatic heterocycles. The molecular weight excluding hydrogens is 573 g/mol. The van der Waals surface area contributed by atoms with Gasteiger partial charge < -0.3 is 14.6 Å². The number of hydrogen-bond donors (Lipinski definition) is 1. The molecule has 1 N–H and O–H groups in total. The molecule has 0 bridgehead atoms. The van der Waals surface area contributed by atoms with E-state index in [-0.39, 0.29) is 18.1 Å². The number of benzene rings is 3. The number of nitrogens with zero attached hydrogens (tertiary/aromatic N) is 4. The summed E-state index contributed by atoms with van der Waals surface area (Å²) in [4.78, 5) is 15.7. The van der Waals surface area contributed by atoms with Gasteiger partial charge in [-0.25, -0.2) is 14.5 Å². The van der Waals surface area contributed by atoms with Crippen molar-refractivity contribution in [3.8, 4) is 40.4 Å². The molecule has 0 aliphatic rings. The highest BCUT2D eigenvalue weighted by atomic mass is 35.5. The molecule has 210 valence electrons. The number of aromatic nitrogens is 3. The van der Waals surface area contributed by atoms with Gasteiger partial charge in [0.15, 0.2) is 11.5 Å². The number of carboxylic acids is 1. The van der Waals surface area contributed by atoms with Crippen LogP contribution < -0.4 is 9.47 Å². The highest BCUT2D eigenvalue weighted by Gasteiger charge is 2.41. The SMILES string of the molecule is N#Cc1ccc(Oc2ccc(COc3ccc(Cl)cc3-c3cccc(-n4ncc(C(=O)O)c4C(F)(F)F)n3)cc2)cc1. The van der Waals surface area contributed by atoms with Crippen molar-refractivity contribution in [2.24, 2.45) is 0 Å². The molecule has 0 radical (unpaired) electrons. The number of rotatable bonds is 8. The number of carboxylic acid groups (broad SMARTS) is 1. The molecule has 5 rings (SSSR count). The molecule has 0 atom stereocenters. The van der Waals surface area contributed by atoms with Gasteiger partial charge in [-0.2, -0.15) is 23.5 Å². The first kappa shape index (κ1) is 28.2. The third kappa shape index (κ3) is 6.19. The Hall–Kier alpha value is -5.34. The van der Waals surface area contributed by atoms with Crippen LogP contribution in [0.25, 0.3) is 17.1 Å². The molecule has 2 heterocycles. The van der Waals surface area contributed by atoms with Crippen LogP contribution in [0.5, 0.6) is 17.2 Å². The number of hydrogen-bond acceptors (Lipinski definition) is 6. The Morgan fingerprint density at radius 3 is 2.33 bits per heavy atom. The molecule has 0 aliphatic heterocycles. The largest absolute Gasteiger partial charge is 0.488 e. The Balaban J connectivity index is 1.37. The molecule has 12 heteroatoms. The summed E-state index contributed by atoms with van der Waals surface area (Å²) in [7, 11) is 0. The summed E-state index contributed by atoms with van der Waals surface area (Å²) < 4.78 is 53.5. The summed E-state index contributed by atoms with van der Waals surface area (Å²) in [6, 6.07) is 25.0. The van der Waals surface area contributed by atoms with Crippen molar-refractivity contribution >= 4 is 17.6 Å². The molecule has 8 nitrogen and oxygen atoms in total.